The van der Waals surface area contributed by atoms with Crippen LogP contribution in [0.25, 0.3) is 0 Å². The molecule has 6 fully saturated rings. The van der Waals surface area contributed by atoms with Crippen LogP contribution in [0.5, 0.6) is 0 Å². The van der Waals surface area contributed by atoms with Gasteiger partial charge in [0, 0.05) is 0 Å². The van der Waals surface area contributed by atoms with Crippen molar-refractivity contribution in [2.75, 3.05) is 6.61 Å². The number of hydrogen-bond acceptors (Lipinski definition) is 6. The second-order valence-electron chi connectivity index (χ2n) is 18.0. The third kappa shape index (κ3) is 4.54. The van der Waals surface area contributed by atoms with Gasteiger partial charge in [0.15, 0.2) is 6.29 Å². The summed E-state index contributed by atoms with van der Waals surface area (Å²) in [5.74, 6) is 3.42. The lowest BCUT2D eigenvalue weighted by atomic mass is 9.32. The molecular formula is C38H64O6. The Hall–Kier alpha value is -0.500. The Morgan fingerprint density at radius 2 is 1.55 bits per heavy atom. The van der Waals surface area contributed by atoms with E-state index >= 15 is 0 Å². The Labute approximate surface area is 267 Å². The molecule has 0 amide bonds. The summed E-state index contributed by atoms with van der Waals surface area (Å²) in [6.45, 7) is 21.5. The van der Waals surface area contributed by atoms with E-state index < -0.39 is 37.3 Å². The fraction of sp³-hybridized carbons (Fsp3) is 0.947. The van der Waals surface area contributed by atoms with E-state index in [1.54, 1.807) is 0 Å². The molecule has 0 aromatic heterocycles. The van der Waals surface area contributed by atoms with Crippen LogP contribution in [-0.4, -0.2) is 63.8 Å². The average molecular weight is 617 g/mol. The molecule has 0 radical (unpaired) electrons. The topological polar surface area (TPSA) is 99.4 Å². The van der Waals surface area contributed by atoms with Gasteiger partial charge in [0.1, 0.15) is 24.4 Å². The minimum absolute atomic E-state index is 0.141. The zero-order valence-corrected chi connectivity index (χ0v) is 28.9. The fourth-order valence-electron chi connectivity index (χ4n) is 13.8. The van der Waals surface area contributed by atoms with E-state index in [0.717, 1.165) is 24.7 Å². The molecule has 6 aliphatic rings. The van der Waals surface area contributed by atoms with Crippen LogP contribution in [0, 0.1) is 56.7 Å². The quantitative estimate of drug-likeness (QED) is 0.198. The Bertz CT molecular complexity index is 1090. The van der Waals surface area contributed by atoms with Gasteiger partial charge in [-0.05, 0) is 134 Å². The lowest BCUT2D eigenvalue weighted by Crippen LogP contribution is -2.67. The predicted molar refractivity (Wildman–Crippen MR) is 173 cm³/mol. The van der Waals surface area contributed by atoms with E-state index in [1.165, 1.54) is 69.8 Å². The van der Waals surface area contributed by atoms with Crippen LogP contribution in [0.2, 0.25) is 0 Å². The third-order valence-corrected chi connectivity index (χ3v) is 16.1. The van der Waals surface area contributed by atoms with Gasteiger partial charge in [-0.25, -0.2) is 0 Å². The first-order valence-corrected chi connectivity index (χ1v) is 18.2. The van der Waals surface area contributed by atoms with Gasteiger partial charge in [-0.2, -0.15) is 0 Å². The molecule has 1 aliphatic heterocycles. The zero-order valence-electron chi connectivity index (χ0n) is 28.9. The van der Waals surface area contributed by atoms with E-state index in [1.807, 2.05) is 0 Å². The molecule has 15 atom stereocenters. The van der Waals surface area contributed by atoms with Crippen LogP contribution in [0.3, 0.4) is 0 Å². The van der Waals surface area contributed by atoms with Crippen molar-refractivity contribution < 1.29 is 29.9 Å². The van der Waals surface area contributed by atoms with Crippen LogP contribution in [0.4, 0.5) is 0 Å². The van der Waals surface area contributed by atoms with Crippen molar-refractivity contribution >= 4 is 0 Å². The summed E-state index contributed by atoms with van der Waals surface area (Å²) in [5.41, 5.74) is 2.67. The number of hydrogen-bond donors (Lipinski definition) is 4. The second-order valence-corrected chi connectivity index (χ2v) is 18.0. The molecule has 44 heavy (non-hydrogen) atoms. The molecule has 5 saturated carbocycles. The monoisotopic (exact) mass is 616 g/mol. The Balaban J connectivity index is 1.26. The van der Waals surface area contributed by atoms with Crippen molar-refractivity contribution in [3.63, 3.8) is 0 Å². The molecule has 252 valence electrons. The lowest BCUT2D eigenvalue weighted by molar-refractivity contribution is -0.332. The first-order valence-electron chi connectivity index (χ1n) is 18.2. The van der Waals surface area contributed by atoms with Gasteiger partial charge >= 0.3 is 0 Å². The number of fused-ring (bicyclic) bond motifs is 7. The maximum atomic E-state index is 10.8. The van der Waals surface area contributed by atoms with Crippen molar-refractivity contribution in [1.29, 1.82) is 0 Å². The first-order chi connectivity index (χ1) is 20.6. The summed E-state index contributed by atoms with van der Waals surface area (Å²) >= 11 is 0. The summed E-state index contributed by atoms with van der Waals surface area (Å²) in [4.78, 5) is 0. The highest BCUT2D eigenvalue weighted by Gasteiger charge is 2.71. The highest BCUT2D eigenvalue weighted by atomic mass is 16.7. The van der Waals surface area contributed by atoms with Gasteiger partial charge in [-0.3, -0.25) is 0 Å². The SMILES string of the molecule is C=C(C)[C@@H]1CC[C@]2(CCC)CC[C@]3(C)[C@H](CC[C@@H]4[C@@]5(C)CC[C@H](O[C@H]6O[C@H](CO)[C@@H](O)[C@H](O)[C@@H]6O)C(C)(C)[C@@H]5CC[C@]43C)[C@@H]12. The van der Waals surface area contributed by atoms with Gasteiger partial charge in [-0.1, -0.05) is 60.1 Å². The van der Waals surface area contributed by atoms with Gasteiger partial charge < -0.3 is 29.9 Å². The van der Waals surface area contributed by atoms with Crippen molar-refractivity contribution in [1.82, 2.24) is 0 Å². The maximum Gasteiger partial charge on any atom is 0.186 e. The summed E-state index contributed by atoms with van der Waals surface area (Å²) in [6, 6.07) is 0. The number of aliphatic hydroxyl groups is 4. The number of ether oxygens (including phenoxy) is 2. The Kier molecular flexibility index (Phi) is 8.57. The number of rotatable bonds is 6. The van der Waals surface area contributed by atoms with E-state index in [9.17, 15) is 20.4 Å². The molecule has 0 spiro atoms. The molecule has 0 unspecified atom stereocenters. The summed E-state index contributed by atoms with van der Waals surface area (Å²) < 4.78 is 12.3. The summed E-state index contributed by atoms with van der Waals surface area (Å²) in [7, 11) is 0. The normalized spacial score (nSPS) is 54.9. The van der Waals surface area contributed by atoms with Crippen LogP contribution >= 0.6 is 0 Å². The summed E-state index contributed by atoms with van der Waals surface area (Å²) in [5, 5.41) is 41.2. The van der Waals surface area contributed by atoms with Crippen molar-refractivity contribution in [3.8, 4) is 0 Å². The highest BCUT2D eigenvalue weighted by Crippen LogP contribution is 2.78. The molecule has 4 N–H and O–H groups in total. The number of allylic oxidation sites excluding steroid dienone is 1. The predicted octanol–water partition coefficient (Wildman–Crippen LogP) is 6.63. The van der Waals surface area contributed by atoms with Gasteiger partial charge in [-0.15, -0.1) is 0 Å². The van der Waals surface area contributed by atoms with E-state index in [0.29, 0.717) is 34.0 Å². The van der Waals surface area contributed by atoms with Crippen LogP contribution < -0.4 is 0 Å². The molecule has 1 heterocycles. The molecule has 6 nitrogen and oxygen atoms in total. The smallest absolute Gasteiger partial charge is 0.186 e. The van der Waals surface area contributed by atoms with Gasteiger partial charge in [0.25, 0.3) is 0 Å². The molecule has 5 aliphatic carbocycles. The van der Waals surface area contributed by atoms with Gasteiger partial charge in [0.2, 0.25) is 0 Å². The number of aliphatic hydroxyl groups excluding tert-OH is 4. The molecule has 6 rings (SSSR count). The molecule has 0 aromatic carbocycles. The molecular weight excluding hydrogens is 552 g/mol. The minimum atomic E-state index is -1.41. The third-order valence-electron chi connectivity index (χ3n) is 16.1. The lowest BCUT2D eigenvalue weighted by Gasteiger charge is -2.73. The van der Waals surface area contributed by atoms with Crippen LogP contribution in [-0.2, 0) is 9.47 Å². The Morgan fingerprint density at radius 1 is 0.818 bits per heavy atom. The van der Waals surface area contributed by atoms with Crippen molar-refractivity contribution in [2.45, 2.75) is 162 Å². The first kappa shape index (κ1) is 33.4. The minimum Gasteiger partial charge on any atom is -0.394 e. The average Bonchev–Trinajstić information content (AvgIpc) is 3.35. The Morgan fingerprint density at radius 3 is 2.20 bits per heavy atom. The van der Waals surface area contributed by atoms with Gasteiger partial charge in [0.05, 0.1) is 12.7 Å². The largest absolute Gasteiger partial charge is 0.394 e. The van der Waals surface area contributed by atoms with Crippen LogP contribution in [0.1, 0.15) is 126 Å². The van der Waals surface area contributed by atoms with E-state index in [2.05, 4.69) is 55.0 Å². The highest BCUT2D eigenvalue weighted by molar-refractivity contribution is 5.21. The molecule has 1 saturated heterocycles. The maximum absolute atomic E-state index is 10.8. The summed E-state index contributed by atoms with van der Waals surface area (Å²) in [6.07, 6.45) is 8.97. The molecule has 0 aromatic rings. The van der Waals surface area contributed by atoms with Crippen molar-refractivity contribution in [2.24, 2.45) is 56.7 Å². The van der Waals surface area contributed by atoms with E-state index in [4.69, 9.17) is 9.47 Å². The second kappa shape index (κ2) is 11.3. The molecule has 6 heteroatoms. The standard InChI is InChI=1S/C38H64O6/c1-9-15-38-18-12-23(22(2)3)29(38)24-10-11-27-35(6)16-14-28(44-33-32(42)31(41)30(40)25(21-39)43-33)34(4,5)26(35)13-17-37(27,8)36(24,7)19-20-38/h23-33,39-42H,2,9-21H2,1,3-8H3/t23-,24+,25+,26-,27+,28-,29+,30+,31-,32-,33+,35-,36+,37+,38+/m0/s1. The molecule has 0 bridgehead atoms. The van der Waals surface area contributed by atoms with Crippen LogP contribution in [0.15, 0.2) is 12.2 Å². The van der Waals surface area contributed by atoms with Crippen molar-refractivity contribution in [3.05, 3.63) is 12.2 Å². The fourth-order valence-corrected chi connectivity index (χ4v) is 13.8. The van der Waals surface area contributed by atoms with E-state index in [-0.39, 0.29) is 16.9 Å². The zero-order chi connectivity index (χ0) is 32.0.